The van der Waals surface area contributed by atoms with Crippen LogP contribution in [-0.4, -0.2) is 0 Å². The minimum atomic E-state index is -0.201. The zero-order valence-electron chi connectivity index (χ0n) is 33.8. The molecule has 0 aromatic heterocycles. The molecule has 0 heterocycles. The first-order valence-corrected chi connectivity index (χ1v) is 21.0. The summed E-state index contributed by atoms with van der Waals surface area (Å²) in [6.45, 7) is 9.84. The van der Waals surface area contributed by atoms with E-state index in [1.54, 1.807) is 0 Å². The van der Waals surface area contributed by atoms with Gasteiger partial charge in [-0.3, -0.25) is 0 Å². The number of fused-ring (bicyclic) bond motifs is 9. The van der Waals surface area contributed by atoms with Crippen molar-refractivity contribution in [3.8, 4) is 11.1 Å². The molecule has 0 radical (unpaired) electrons. The number of hydrogen-bond donors (Lipinski definition) is 0. The Morgan fingerprint density at radius 3 is 1.79 bits per heavy atom. The highest BCUT2D eigenvalue weighted by atomic mass is 15.2. The van der Waals surface area contributed by atoms with E-state index in [1.165, 1.54) is 95.0 Å². The molecule has 58 heavy (non-hydrogen) atoms. The maximum absolute atomic E-state index is 2.62. The Morgan fingerprint density at radius 1 is 0.552 bits per heavy atom. The van der Waals surface area contributed by atoms with Gasteiger partial charge in [-0.05, 0) is 141 Å². The molecule has 0 amide bonds. The fourth-order valence-corrected chi connectivity index (χ4v) is 10.8. The zero-order valence-corrected chi connectivity index (χ0v) is 33.8. The fraction of sp³-hybridized carbons (Fsp3) is 0.179. The molecule has 2 heteroatoms. The van der Waals surface area contributed by atoms with Gasteiger partial charge in [0.05, 0.1) is 11.4 Å². The second-order valence-electron chi connectivity index (χ2n) is 17.6. The standard InChI is InChI=1S/C56H48N2/c1-55(2)47-33-46-48(34-45(47)53-43-31-19-17-29-41(43)51(35-49(53)55)57(37-21-9-5-10-22-37)38-23-11-6-12-24-38)56(3,4)50-36-52(42-30-18-20-32-44(42)54(46)50)58(39-25-13-7-14-26-39)40-27-15-8-16-28-40/h5-15,17-27,29-30,32-36,43H,16,28,31H2,1-4H3. The SMILES string of the molecule is CC1(C)C2=C(c3cc4c(cc31)-c1c(cc(N(C3=CC=CCC3)c3ccccc3)c3ccccc13)C4(C)C)C1CC=CC=C1C(N(c1ccccc1)c1ccccc1)=C2. The van der Waals surface area contributed by atoms with Crippen LogP contribution in [0.15, 0.2) is 199 Å². The second-order valence-corrected chi connectivity index (χ2v) is 17.6. The third-order valence-corrected chi connectivity index (χ3v) is 13.6. The molecule has 0 saturated heterocycles. The third kappa shape index (κ3) is 5.10. The predicted molar refractivity (Wildman–Crippen MR) is 245 cm³/mol. The van der Waals surface area contributed by atoms with Crippen LogP contribution in [0.5, 0.6) is 0 Å². The lowest BCUT2D eigenvalue weighted by molar-refractivity contribution is 0.642. The monoisotopic (exact) mass is 748 g/mol. The summed E-state index contributed by atoms with van der Waals surface area (Å²) >= 11 is 0. The van der Waals surface area contributed by atoms with Crippen molar-refractivity contribution in [1.29, 1.82) is 0 Å². The molecular formula is C56H48N2. The summed E-state index contributed by atoms with van der Waals surface area (Å²) in [6, 6.07) is 49.6. The van der Waals surface area contributed by atoms with E-state index < -0.39 is 0 Å². The number of para-hydroxylation sites is 3. The molecule has 0 aliphatic heterocycles. The fourth-order valence-electron chi connectivity index (χ4n) is 10.8. The molecule has 0 bridgehead atoms. The third-order valence-electron chi connectivity index (χ3n) is 13.6. The molecular weight excluding hydrogens is 701 g/mol. The average molecular weight is 749 g/mol. The van der Waals surface area contributed by atoms with E-state index >= 15 is 0 Å². The van der Waals surface area contributed by atoms with Gasteiger partial charge in [-0.15, -0.1) is 0 Å². The van der Waals surface area contributed by atoms with E-state index in [-0.39, 0.29) is 16.7 Å². The van der Waals surface area contributed by atoms with Crippen molar-refractivity contribution in [2.75, 3.05) is 9.80 Å². The van der Waals surface area contributed by atoms with E-state index in [2.05, 4.69) is 213 Å². The number of benzene rings is 6. The lowest BCUT2D eigenvalue weighted by atomic mass is 9.73. The van der Waals surface area contributed by atoms with Crippen molar-refractivity contribution in [2.24, 2.45) is 5.92 Å². The van der Waals surface area contributed by atoms with Crippen LogP contribution in [0.2, 0.25) is 0 Å². The highest BCUT2D eigenvalue weighted by Gasteiger charge is 2.47. The summed E-state index contributed by atoms with van der Waals surface area (Å²) in [6.07, 6.45) is 19.4. The minimum Gasteiger partial charge on any atom is -0.314 e. The molecule has 1 atom stereocenters. The summed E-state index contributed by atoms with van der Waals surface area (Å²) < 4.78 is 0. The number of rotatable bonds is 6. The topological polar surface area (TPSA) is 6.48 Å². The van der Waals surface area contributed by atoms with Gasteiger partial charge in [0.15, 0.2) is 0 Å². The van der Waals surface area contributed by atoms with E-state index in [9.17, 15) is 0 Å². The van der Waals surface area contributed by atoms with E-state index in [0.717, 1.165) is 19.3 Å². The second kappa shape index (κ2) is 13.1. The van der Waals surface area contributed by atoms with Gasteiger partial charge in [-0.2, -0.15) is 0 Å². The van der Waals surface area contributed by atoms with E-state index in [4.69, 9.17) is 0 Å². The van der Waals surface area contributed by atoms with Crippen LogP contribution >= 0.6 is 0 Å². The number of hydrogen-bond acceptors (Lipinski definition) is 2. The molecule has 11 rings (SSSR count). The molecule has 6 aromatic carbocycles. The Hall–Kier alpha value is -6.38. The first-order valence-electron chi connectivity index (χ1n) is 21.0. The van der Waals surface area contributed by atoms with Gasteiger partial charge in [-0.1, -0.05) is 137 Å². The van der Waals surface area contributed by atoms with Crippen LogP contribution in [0.4, 0.5) is 22.7 Å². The van der Waals surface area contributed by atoms with Gasteiger partial charge in [0.25, 0.3) is 0 Å². The van der Waals surface area contributed by atoms with Gasteiger partial charge in [0.2, 0.25) is 0 Å². The smallest absolute Gasteiger partial charge is 0.0540 e. The van der Waals surface area contributed by atoms with Crippen molar-refractivity contribution in [3.63, 3.8) is 0 Å². The van der Waals surface area contributed by atoms with Crippen LogP contribution in [0, 0.1) is 5.92 Å². The largest absolute Gasteiger partial charge is 0.314 e. The van der Waals surface area contributed by atoms with Crippen LogP contribution in [-0.2, 0) is 10.8 Å². The molecule has 5 aliphatic carbocycles. The maximum atomic E-state index is 2.62. The van der Waals surface area contributed by atoms with Crippen molar-refractivity contribution in [3.05, 3.63) is 221 Å². The lowest BCUT2D eigenvalue weighted by Gasteiger charge is -2.38. The Morgan fingerprint density at radius 2 is 1.14 bits per heavy atom. The van der Waals surface area contributed by atoms with Crippen molar-refractivity contribution >= 4 is 39.1 Å². The quantitative estimate of drug-likeness (QED) is 0.167. The Bertz CT molecular complexity index is 2800. The van der Waals surface area contributed by atoms with Crippen LogP contribution in [0.25, 0.3) is 27.5 Å². The normalized spacial score (nSPS) is 19.0. The average Bonchev–Trinajstić information content (AvgIpc) is 3.63. The Balaban J connectivity index is 1.11. The zero-order chi connectivity index (χ0) is 39.2. The molecule has 5 aliphatic rings. The minimum absolute atomic E-state index is 0.190. The summed E-state index contributed by atoms with van der Waals surface area (Å²) in [5.74, 6) is 0.269. The molecule has 282 valence electrons. The molecule has 2 nitrogen and oxygen atoms in total. The molecule has 0 N–H and O–H groups in total. The van der Waals surface area contributed by atoms with Crippen molar-refractivity contribution in [1.82, 2.24) is 0 Å². The maximum Gasteiger partial charge on any atom is 0.0540 e. The Kier molecular flexibility index (Phi) is 7.86. The summed E-state index contributed by atoms with van der Waals surface area (Å²) in [5.41, 5.74) is 19.9. The van der Waals surface area contributed by atoms with Gasteiger partial charge in [0.1, 0.15) is 0 Å². The van der Waals surface area contributed by atoms with Gasteiger partial charge in [0, 0.05) is 44.9 Å². The molecule has 0 saturated carbocycles. The predicted octanol–water partition coefficient (Wildman–Crippen LogP) is 14.8. The van der Waals surface area contributed by atoms with Crippen LogP contribution < -0.4 is 9.80 Å². The molecule has 6 aromatic rings. The van der Waals surface area contributed by atoms with Crippen molar-refractivity contribution in [2.45, 2.75) is 57.8 Å². The first-order chi connectivity index (χ1) is 28.3. The lowest BCUT2D eigenvalue weighted by Crippen LogP contribution is -2.27. The molecule has 0 spiro atoms. The number of allylic oxidation sites excluding steroid dienone is 11. The van der Waals surface area contributed by atoms with Crippen molar-refractivity contribution < 1.29 is 0 Å². The van der Waals surface area contributed by atoms with Crippen LogP contribution in [0.3, 0.4) is 0 Å². The first kappa shape index (κ1) is 34.8. The van der Waals surface area contributed by atoms with E-state index in [1.807, 2.05) is 0 Å². The number of nitrogens with zero attached hydrogens (tertiary/aromatic N) is 2. The Labute approximate surface area is 343 Å². The summed E-state index contributed by atoms with van der Waals surface area (Å²) in [4.78, 5) is 5.00. The summed E-state index contributed by atoms with van der Waals surface area (Å²) in [5, 5.41) is 2.62. The highest BCUT2D eigenvalue weighted by Crippen LogP contribution is 2.61. The summed E-state index contributed by atoms with van der Waals surface area (Å²) in [7, 11) is 0. The van der Waals surface area contributed by atoms with Gasteiger partial charge < -0.3 is 9.80 Å². The molecule has 1 unspecified atom stereocenters. The van der Waals surface area contributed by atoms with E-state index in [0.29, 0.717) is 0 Å². The molecule has 0 fully saturated rings. The van der Waals surface area contributed by atoms with Gasteiger partial charge in [-0.25, -0.2) is 0 Å². The van der Waals surface area contributed by atoms with Crippen LogP contribution in [0.1, 0.15) is 69.2 Å². The number of anilines is 4. The van der Waals surface area contributed by atoms with Gasteiger partial charge >= 0.3 is 0 Å². The highest BCUT2D eigenvalue weighted by molar-refractivity contribution is 6.10.